The molecule has 118 valence electrons. The molecule has 1 aliphatic carbocycles. The molecular formula is C18H23NO2S. The van der Waals surface area contributed by atoms with Crippen LogP contribution < -0.4 is 0 Å². The number of carboxylic acids is 1. The monoisotopic (exact) mass is 317 g/mol. The van der Waals surface area contributed by atoms with Crippen LogP contribution in [0.3, 0.4) is 0 Å². The number of aromatic nitrogens is 1. The molecule has 0 radical (unpaired) electrons. The van der Waals surface area contributed by atoms with Gasteiger partial charge in [0, 0.05) is 5.41 Å². The summed E-state index contributed by atoms with van der Waals surface area (Å²) in [5.74, 6) is -0.690. The van der Waals surface area contributed by atoms with Gasteiger partial charge in [-0.15, -0.1) is 11.3 Å². The van der Waals surface area contributed by atoms with Crippen LogP contribution in [0.25, 0.3) is 10.2 Å². The molecule has 2 aromatic rings. The summed E-state index contributed by atoms with van der Waals surface area (Å²) in [5.41, 5.74) is 1.07. The molecule has 0 amide bonds. The highest BCUT2D eigenvalue weighted by Gasteiger charge is 2.43. The Hall–Kier alpha value is -1.42. The highest BCUT2D eigenvalue weighted by molar-refractivity contribution is 7.18. The smallest absolute Gasteiger partial charge is 0.314 e. The number of fused-ring (bicyclic) bond motifs is 1. The van der Waals surface area contributed by atoms with E-state index in [4.69, 9.17) is 4.98 Å². The third-order valence-electron chi connectivity index (χ3n) is 4.69. The van der Waals surface area contributed by atoms with E-state index in [1.165, 1.54) is 0 Å². The van der Waals surface area contributed by atoms with Crippen molar-refractivity contribution in [2.75, 3.05) is 0 Å². The second-order valence-electron chi connectivity index (χ2n) is 7.37. The number of carboxylic acid groups (broad SMARTS) is 1. The number of carbonyl (C=O) groups is 1. The van der Waals surface area contributed by atoms with E-state index in [9.17, 15) is 9.90 Å². The summed E-state index contributed by atoms with van der Waals surface area (Å²) >= 11 is 1.69. The van der Waals surface area contributed by atoms with Gasteiger partial charge in [-0.05, 0) is 24.5 Å². The van der Waals surface area contributed by atoms with E-state index in [1.807, 2.05) is 12.1 Å². The normalized spacial score (nSPS) is 18.5. The molecule has 0 atom stereocenters. The summed E-state index contributed by atoms with van der Waals surface area (Å²) < 4.78 is 1.11. The predicted octanol–water partition coefficient (Wildman–Crippen LogP) is 4.88. The first kappa shape index (κ1) is 15.5. The maximum atomic E-state index is 12.1. The molecule has 1 heterocycles. The summed E-state index contributed by atoms with van der Waals surface area (Å²) in [6.07, 6.45) is 4.56. The van der Waals surface area contributed by atoms with Crippen molar-refractivity contribution < 1.29 is 9.90 Å². The number of benzene rings is 1. The molecular weight excluding hydrogens is 294 g/mol. The van der Waals surface area contributed by atoms with Crippen molar-refractivity contribution in [1.82, 2.24) is 4.98 Å². The lowest BCUT2D eigenvalue weighted by Crippen LogP contribution is -2.38. The Bertz CT molecular complexity index is 705. The summed E-state index contributed by atoms with van der Waals surface area (Å²) in [6, 6.07) is 6.03. The van der Waals surface area contributed by atoms with Gasteiger partial charge >= 0.3 is 5.97 Å². The van der Waals surface area contributed by atoms with Crippen molar-refractivity contribution in [3.05, 3.63) is 28.8 Å². The molecule has 1 aromatic carbocycles. The lowest BCUT2D eigenvalue weighted by atomic mass is 9.69. The van der Waals surface area contributed by atoms with Crippen LogP contribution in [-0.2, 0) is 15.6 Å². The zero-order valence-electron chi connectivity index (χ0n) is 13.5. The summed E-state index contributed by atoms with van der Waals surface area (Å²) in [7, 11) is 0. The molecule has 0 saturated heterocycles. The number of hydrogen-bond acceptors (Lipinski definition) is 3. The van der Waals surface area contributed by atoms with Crippen molar-refractivity contribution >= 4 is 27.5 Å². The van der Waals surface area contributed by atoms with Gasteiger partial charge in [0.25, 0.3) is 0 Å². The van der Waals surface area contributed by atoms with E-state index in [2.05, 4.69) is 26.8 Å². The van der Waals surface area contributed by atoms with E-state index in [0.29, 0.717) is 0 Å². The fraction of sp³-hybridized carbons (Fsp3) is 0.556. The van der Waals surface area contributed by atoms with Crippen molar-refractivity contribution in [3.8, 4) is 0 Å². The summed E-state index contributed by atoms with van der Waals surface area (Å²) in [6.45, 7) is 6.45. The fourth-order valence-electron chi connectivity index (χ4n) is 3.41. The van der Waals surface area contributed by atoms with E-state index < -0.39 is 11.4 Å². The molecule has 1 aliphatic rings. The molecule has 3 rings (SSSR count). The Morgan fingerprint density at radius 3 is 2.50 bits per heavy atom. The Morgan fingerprint density at radius 2 is 1.91 bits per heavy atom. The minimum absolute atomic E-state index is 0.0100. The number of para-hydroxylation sites is 1. The zero-order chi connectivity index (χ0) is 16.0. The molecule has 4 heteroatoms. The van der Waals surface area contributed by atoms with E-state index in [-0.39, 0.29) is 5.41 Å². The van der Waals surface area contributed by atoms with Gasteiger partial charge in [-0.3, -0.25) is 4.79 Å². The van der Waals surface area contributed by atoms with E-state index >= 15 is 0 Å². The lowest BCUT2D eigenvalue weighted by Gasteiger charge is -2.33. The van der Waals surface area contributed by atoms with Crippen molar-refractivity contribution in [2.45, 2.75) is 63.7 Å². The Labute approximate surface area is 135 Å². The maximum absolute atomic E-state index is 12.1. The standard InChI is InChI=1S/C18H23NO2S/c1-17(2,3)15-19-14-12(8-7-9-13(14)22-15)18(16(20)21)10-5-4-6-11-18/h7-9H,4-6,10-11H2,1-3H3,(H,20,21). The molecule has 0 spiro atoms. The zero-order valence-corrected chi connectivity index (χ0v) is 14.3. The van der Waals surface area contributed by atoms with Gasteiger partial charge in [-0.25, -0.2) is 4.98 Å². The molecule has 0 unspecified atom stereocenters. The second-order valence-corrected chi connectivity index (χ2v) is 8.40. The van der Waals surface area contributed by atoms with E-state index in [0.717, 1.165) is 52.9 Å². The van der Waals surface area contributed by atoms with Crippen molar-refractivity contribution in [1.29, 1.82) is 0 Å². The summed E-state index contributed by atoms with van der Waals surface area (Å²) in [4.78, 5) is 16.9. The van der Waals surface area contributed by atoms with Crippen LogP contribution in [0.5, 0.6) is 0 Å². The van der Waals surface area contributed by atoms with Crippen molar-refractivity contribution in [3.63, 3.8) is 0 Å². The van der Waals surface area contributed by atoms with Crippen LogP contribution in [0.4, 0.5) is 0 Å². The third kappa shape index (κ3) is 2.43. The average molecular weight is 317 g/mol. The number of rotatable bonds is 2. The van der Waals surface area contributed by atoms with Crippen molar-refractivity contribution in [2.24, 2.45) is 0 Å². The largest absolute Gasteiger partial charge is 0.481 e. The predicted molar refractivity (Wildman–Crippen MR) is 90.7 cm³/mol. The summed E-state index contributed by atoms with van der Waals surface area (Å²) in [5, 5.41) is 11.0. The Kier molecular flexibility index (Phi) is 3.76. The molecule has 3 nitrogen and oxygen atoms in total. The van der Waals surface area contributed by atoms with E-state index in [1.54, 1.807) is 11.3 Å². The van der Waals surface area contributed by atoms with Crippen LogP contribution in [0.15, 0.2) is 18.2 Å². The number of thiazole rings is 1. The van der Waals surface area contributed by atoms with Gasteiger partial charge in [0.05, 0.1) is 20.6 Å². The van der Waals surface area contributed by atoms with Gasteiger partial charge in [0.2, 0.25) is 0 Å². The third-order valence-corrected chi connectivity index (χ3v) is 6.14. The molecule has 0 aliphatic heterocycles. The highest BCUT2D eigenvalue weighted by Crippen LogP contribution is 2.44. The molecule has 22 heavy (non-hydrogen) atoms. The molecule has 1 aromatic heterocycles. The maximum Gasteiger partial charge on any atom is 0.314 e. The highest BCUT2D eigenvalue weighted by atomic mass is 32.1. The van der Waals surface area contributed by atoms with Gasteiger partial charge in [0.15, 0.2) is 0 Å². The molecule has 0 bridgehead atoms. The van der Waals surface area contributed by atoms with Gasteiger partial charge < -0.3 is 5.11 Å². The van der Waals surface area contributed by atoms with Gasteiger partial charge in [-0.1, -0.05) is 52.2 Å². The minimum Gasteiger partial charge on any atom is -0.481 e. The van der Waals surface area contributed by atoms with Gasteiger partial charge in [-0.2, -0.15) is 0 Å². The number of nitrogens with zero attached hydrogens (tertiary/aromatic N) is 1. The lowest BCUT2D eigenvalue weighted by molar-refractivity contribution is -0.145. The SMILES string of the molecule is CC(C)(C)c1nc2c(C3(C(=O)O)CCCCC3)cccc2s1. The second kappa shape index (κ2) is 5.34. The van der Waals surface area contributed by atoms with Crippen LogP contribution in [0.1, 0.15) is 63.4 Å². The fourth-order valence-corrected chi connectivity index (χ4v) is 4.46. The number of aliphatic carboxylic acids is 1. The van der Waals surface area contributed by atoms with Crippen LogP contribution >= 0.6 is 11.3 Å². The van der Waals surface area contributed by atoms with Crippen LogP contribution in [0.2, 0.25) is 0 Å². The molecule has 1 saturated carbocycles. The Morgan fingerprint density at radius 1 is 1.23 bits per heavy atom. The topological polar surface area (TPSA) is 50.2 Å². The quantitative estimate of drug-likeness (QED) is 0.858. The average Bonchev–Trinajstić information content (AvgIpc) is 2.91. The van der Waals surface area contributed by atoms with Crippen LogP contribution in [0, 0.1) is 0 Å². The first-order chi connectivity index (χ1) is 10.3. The van der Waals surface area contributed by atoms with Crippen LogP contribution in [-0.4, -0.2) is 16.1 Å². The minimum atomic E-state index is -0.749. The first-order valence-electron chi connectivity index (χ1n) is 7.98. The number of hydrogen-bond donors (Lipinski definition) is 1. The Balaban J connectivity index is 2.21. The van der Waals surface area contributed by atoms with Gasteiger partial charge in [0.1, 0.15) is 0 Å². The molecule has 1 fully saturated rings. The molecule has 1 N–H and O–H groups in total. The first-order valence-corrected chi connectivity index (χ1v) is 8.80.